The standard InChI is InChI=1S/C25H22ClN5O2S/c1-2-33-18-14-12-16(13-15-18)21-22(24(32)27-20-11-7-6-10-19(20)26)34-25-29-28-23(31(25)30-21)17-8-4-3-5-9-17/h3-15,21-22,30H,2H2,1H3,(H,27,32)/t21-,22-/m0/s1. The molecule has 4 aromatic rings. The number of nitrogens with zero attached hydrogens (tertiary/aromatic N) is 3. The number of carbonyl (C=O) groups is 1. The van der Waals surface area contributed by atoms with Crippen LogP contribution >= 0.6 is 23.4 Å². The van der Waals surface area contributed by atoms with E-state index in [4.69, 9.17) is 16.3 Å². The van der Waals surface area contributed by atoms with E-state index in [0.717, 1.165) is 16.9 Å². The SMILES string of the molecule is CCOc1ccc([C@@H]2Nn3c(nnc3-c3ccccc3)S[C@@H]2C(=O)Nc2ccccc2Cl)cc1. The number of benzene rings is 3. The Balaban J connectivity index is 1.51. The number of hydrogen-bond acceptors (Lipinski definition) is 6. The van der Waals surface area contributed by atoms with E-state index in [9.17, 15) is 4.79 Å². The van der Waals surface area contributed by atoms with Crippen LogP contribution in [0.25, 0.3) is 11.4 Å². The lowest BCUT2D eigenvalue weighted by atomic mass is 10.0. The fourth-order valence-electron chi connectivity index (χ4n) is 3.78. The summed E-state index contributed by atoms with van der Waals surface area (Å²) in [6.07, 6.45) is 0. The van der Waals surface area contributed by atoms with Crippen molar-refractivity contribution in [2.45, 2.75) is 23.4 Å². The van der Waals surface area contributed by atoms with Crippen LogP contribution in [0.3, 0.4) is 0 Å². The summed E-state index contributed by atoms with van der Waals surface area (Å²) in [6, 6.07) is 24.4. The molecule has 2 atom stereocenters. The zero-order valence-electron chi connectivity index (χ0n) is 18.3. The number of ether oxygens (including phenoxy) is 1. The highest BCUT2D eigenvalue weighted by atomic mass is 35.5. The molecule has 0 spiro atoms. The van der Waals surface area contributed by atoms with Gasteiger partial charge < -0.3 is 15.5 Å². The summed E-state index contributed by atoms with van der Waals surface area (Å²) in [5.41, 5.74) is 5.91. The van der Waals surface area contributed by atoms with Gasteiger partial charge in [-0.1, -0.05) is 78.0 Å². The van der Waals surface area contributed by atoms with Crippen LogP contribution in [0.4, 0.5) is 5.69 Å². The molecule has 1 aliphatic heterocycles. The fourth-order valence-corrected chi connectivity index (χ4v) is 5.05. The molecule has 1 amide bonds. The number of fused-ring (bicyclic) bond motifs is 1. The minimum absolute atomic E-state index is 0.181. The maximum Gasteiger partial charge on any atom is 0.240 e. The molecule has 2 N–H and O–H groups in total. The number of amides is 1. The molecule has 0 saturated heterocycles. The lowest BCUT2D eigenvalue weighted by Crippen LogP contribution is -2.41. The van der Waals surface area contributed by atoms with E-state index in [0.29, 0.717) is 28.3 Å². The first-order valence-electron chi connectivity index (χ1n) is 10.9. The summed E-state index contributed by atoms with van der Waals surface area (Å²) < 4.78 is 7.44. The molecule has 1 aliphatic rings. The van der Waals surface area contributed by atoms with E-state index >= 15 is 0 Å². The minimum Gasteiger partial charge on any atom is -0.494 e. The summed E-state index contributed by atoms with van der Waals surface area (Å²) >= 11 is 7.65. The van der Waals surface area contributed by atoms with Crippen LogP contribution in [0.1, 0.15) is 18.5 Å². The molecule has 3 aromatic carbocycles. The minimum atomic E-state index is -0.519. The van der Waals surface area contributed by atoms with Crippen LogP contribution in [-0.4, -0.2) is 32.6 Å². The lowest BCUT2D eigenvalue weighted by Gasteiger charge is -2.33. The maximum absolute atomic E-state index is 13.4. The van der Waals surface area contributed by atoms with Gasteiger partial charge in [0.15, 0.2) is 5.82 Å². The monoisotopic (exact) mass is 491 g/mol. The Hall–Kier alpha value is -3.49. The predicted molar refractivity (Wildman–Crippen MR) is 135 cm³/mol. The number of para-hydroxylation sites is 1. The van der Waals surface area contributed by atoms with Gasteiger partial charge in [0.2, 0.25) is 11.1 Å². The zero-order chi connectivity index (χ0) is 23.5. The van der Waals surface area contributed by atoms with Crippen LogP contribution < -0.4 is 15.5 Å². The van der Waals surface area contributed by atoms with E-state index in [1.165, 1.54) is 11.8 Å². The second kappa shape index (κ2) is 9.79. The van der Waals surface area contributed by atoms with Gasteiger partial charge in [0.1, 0.15) is 11.0 Å². The molecule has 0 aliphatic carbocycles. The Labute approximate surface area is 206 Å². The summed E-state index contributed by atoms with van der Waals surface area (Å²) in [5.74, 6) is 1.28. The smallest absolute Gasteiger partial charge is 0.240 e. The molecule has 0 bridgehead atoms. The Morgan fingerprint density at radius 1 is 1.06 bits per heavy atom. The van der Waals surface area contributed by atoms with Gasteiger partial charge in [0, 0.05) is 5.56 Å². The second-order valence-corrected chi connectivity index (χ2v) is 9.14. The molecule has 34 heavy (non-hydrogen) atoms. The van der Waals surface area contributed by atoms with Crippen LogP contribution in [0, 0.1) is 0 Å². The average molecular weight is 492 g/mol. The molecule has 172 valence electrons. The van der Waals surface area contributed by atoms with Crippen LogP contribution in [0.15, 0.2) is 84.0 Å². The van der Waals surface area contributed by atoms with Gasteiger partial charge in [-0.05, 0) is 36.8 Å². The Morgan fingerprint density at radius 3 is 2.53 bits per heavy atom. The zero-order valence-corrected chi connectivity index (χ0v) is 19.9. The van der Waals surface area contributed by atoms with Crippen LogP contribution in [0.5, 0.6) is 5.75 Å². The molecule has 0 unspecified atom stereocenters. The van der Waals surface area contributed by atoms with Crippen LogP contribution in [0.2, 0.25) is 5.02 Å². The Morgan fingerprint density at radius 2 is 1.79 bits per heavy atom. The van der Waals surface area contributed by atoms with Crippen molar-refractivity contribution >= 4 is 35.0 Å². The highest BCUT2D eigenvalue weighted by Crippen LogP contribution is 2.39. The number of anilines is 1. The third-order valence-corrected chi connectivity index (χ3v) is 6.95. The van der Waals surface area contributed by atoms with Crippen molar-refractivity contribution in [2.24, 2.45) is 0 Å². The van der Waals surface area contributed by atoms with Crippen molar-refractivity contribution in [2.75, 3.05) is 17.3 Å². The number of aromatic nitrogens is 3. The Bertz CT molecular complexity index is 1300. The first kappa shape index (κ1) is 22.3. The molecule has 5 rings (SSSR count). The molecule has 0 fully saturated rings. The van der Waals surface area contributed by atoms with Gasteiger partial charge in [-0.3, -0.25) is 4.79 Å². The van der Waals surface area contributed by atoms with Crippen molar-refractivity contribution in [3.63, 3.8) is 0 Å². The number of carbonyl (C=O) groups excluding carboxylic acids is 1. The lowest BCUT2D eigenvalue weighted by molar-refractivity contribution is -0.116. The van der Waals surface area contributed by atoms with Gasteiger partial charge in [-0.25, -0.2) is 4.68 Å². The topological polar surface area (TPSA) is 81.1 Å². The van der Waals surface area contributed by atoms with E-state index < -0.39 is 5.25 Å². The normalized spacial score (nSPS) is 16.9. The molecular formula is C25H22ClN5O2S. The second-order valence-electron chi connectivity index (χ2n) is 7.62. The quantitative estimate of drug-likeness (QED) is 0.376. The predicted octanol–water partition coefficient (Wildman–Crippen LogP) is 5.40. The first-order valence-corrected chi connectivity index (χ1v) is 12.1. The van der Waals surface area contributed by atoms with Crippen molar-refractivity contribution in [3.8, 4) is 17.1 Å². The average Bonchev–Trinajstić information content (AvgIpc) is 3.29. The van der Waals surface area contributed by atoms with Crippen molar-refractivity contribution < 1.29 is 9.53 Å². The molecule has 7 nitrogen and oxygen atoms in total. The molecule has 2 heterocycles. The summed E-state index contributed by atoms with van der Waals surface area (Å²) in [5, 5.41) is 12.3. The number of rotatable bonds is 6. The van der Waals surface area contributed by atoms with Crippen molar-refractivity contribution in [1.29, 1.82) is 0 Å². The van der Waals surface area contributed by atoms with Gasteiger partial charge in [-0.15, -0.1) is 10.2 Å². The van der Waals surface area contributed by atoms with Gasteiger partial charge >= 0.3 is 0 Å². The summed E-state index contributed by atoms with van der Waals surface area (Å²) in [4.78, 5) is 13.4. The van der Waals surface area contributed by atoms with E-state index in [1.807, 2.05) is 78.3 Å². The summed E-state index contributed by atoms with van der Waals surface area (Å²) in [6.45, 7) is 2.53. The molecule has 9 heteroatoms. The number of thioether (sulfide) groups is 1. The van der Waals surface area contributed by atoms with Gasteiger partial charge in [0.25, 0.3) is 0 Å². The van der Waals surface area contributed by atoms with E-state index in [-0.39, 0.29) is 11.9 Å². The summed E-state index contributed by atoms with van der Waals surface area (Å²) in [7, 11) is 0. The van der Waals surface area contributed by atoms with Gasteiger partial charge in [-0.2, -0.15) is 0 Å². The highest BCUT2D eigenvalue weighted by Gasteiger charge is 2.38. The van der Waals surface area contributed by atoms with E-state index in [1.54, 1.807) is 12.1 Å². The number of nitrogens with one attached hydrogen (secondary N) is 2. The largest absolute Gasteiger partial charge is 0.494 e. The Kier molecular flexibility index (Phi) is 6.42. The third-order valence-electron chi connectivity index (χ3n) is 5.41. The third kappa shape index (κ3) is 4.47. The molecule has 0 saturated carbocycles. The highest BCUT2D eigenvalue weighted by molar-refractivity contribution is 8.00. The first-order chi connectivity index (χ1) is 16.6. The number of hydrogen-bond donors (Lipinski definition) is 2. The molecule has 0 radical (unpaired) electrons. The number of halogens is 1. The van der Waals surface area contributed by atoms with E-state index in [2.05, 4.69) is 20.9 Å². The van der Waals surface area contributed by atoms with Crippen molar-refractivity contribution in [3.05, 3.63) is 89.4 Å². The molecular weight excluding hydrogens is 470 g/mol. The fraction of sp³-hybridized carbons (Fsp3) is 0.160. The maximum atomic E-state index is 13.4. The van der Waals surface area contributed by atoms with Crippen molar-refractivity contribution in [1.82, 2.24) is 14.9 Å². The van der Waals surface area contributed by atoms with Crippen LogP contribution in [-0.2, 0) is 4.79 Å². The molecule has 1 aromatic heterocycles. The van der Waals surface area contributed by atoms with Gasteiger partial charge in [0.05, 0.1) is 23.4 Å².